The van der Waals surface area contributed by atoms with E-state index in [1.54, 1.807) is 6.92 Å². The van der Waals surface area contributed by atoms with Crippen LogP contribution in [0.3, 0.4) is 0 Å². The van der Waals surface area contributed by atoms with Crippen molar-refractivity contribution in [2.75, 3.05) is 13.2 Å². The molecule has 7 nitrogen and oxygen atoms in total. The average Bonchev–Trinajstić information content (AvgIpc) is 3.01. The van der Waals surface area contributed by atoms with Crippen LogP contribution < -0.4 is 0 Å². The number of esters is 2. The number of aryl methyl sites for hydroxylation is 2. The summed E-state index contributed by atoms with van der Waals surface area (Å²) < 4.78 is 14.1. The van der Waals surface area contributed by atoms with Gasteiger partial charge in [0.2, 0.25) is 11.7 Å². The molecular formula is C18H22N2O5. The third-order valence-electron chi connectivity index (χ3n) is 2.81. The molecule has 1 aromatic heterocycles. The largest absolute Gasteiger partial charge is 0.466 e. The summed E-state index contributed by atoms with van der Waals surface area (Å²) in [6, 6.07) is 8.02. The summed E-state index contributed by atoms with van der Waals surface area (Å²) in [5.74, 6) is 0.459. The highest BCUT2D eigenvalue weighted by molar-refractivity contribution is 5.81. The molecule has 0 amide bonds. The monoisotopic (exact) mass is 346 g/mol. The van der Waals surface area contributed by atoms with Crippen molar-refractivity contribution >= 4 is 11.9 Å². The minimum atomic E-state index is -0.460. The lowest BCUT2D eigenvalue weighted by Crippen LogP contribution is -2.07. The van der Waals surface area contributed by atoms with Gasteiger partial charge in [-0.1, -0.05) is 35.5 Å². The number of hydrogen-bond acceptors (Lipinski definition) is 7. The van der Waals surface area contributed by atoms with Gasteiger partial charge in [0.05, 0.1) is 13.2 Å². The van der Waals surface area contributed by atoms with Gasteiger partial charge in [-0.3, -0.25) is 4.79 Å². The minimum absolute atomic E-state index is 0.248. The van der Waals surface area contributed by atoms with Crippen LogP contribution in [-0.2, 0) is 19.1 Å². The van der Waals surface area contributed by atoms with Gasteiger partial charge in [-0.05, 0) is 13.0 Å². The lowest BCUT2D eigenvalue weighted by Gasteiger charge is -2.01. The van der Waals surface area contributed by atoms with Crippen LogP contribution in [0.1, 0.15) is 24.8 Å². The Kier molecular flexibility index (Phi) is 8.63. The summed E-state index contributed by atoms with van der Waals surface area (Å²) in [6.45, 7) is 8.90. The molecule has 25 heavy (non-hydrogen) atoms. The van der Waals surface area contributed by atoms with Crippen molar-refractivity contribution in [3.05, 3.63) is 48.4 Å². The van der Waals surface area contributed by atoms with E-state index in [4.69, 9.17) is 4.52 Å². The number of hydrogen-bond donors (Lipinski definition) is 0. The first-order chi connectivity index (χ1) is 11.9. The van der Waals surface area contributed by atoms with E-state index in [0.717, 1.165) is 11.6 Å². The molecule has 0 radical (unpaired) electrons. The maximum Gasteiger partial charge on any atom is 0.330 e. The number of aromatic nitrogens is 2. The van der Waals surface area contributed by atoms with Crippen molar-refractivity contribution in [3.8, 4) is 11.4 Å². The molecule has 0 saturated carbocycles. The van der Waals surface area contributed by atoms with Crippen molar-refractivity contribution in [2.24, 2.45) is 0 Å². The summed E-state index contributed by atoms with van der Waals surface area (Å²) in [6.07, 6.45) is 1.60. The molecule has 0 N–H and O–H groups in total. The molecule has 7 heteroatoms. The van der Waals surface area contributed by atoms with E-state index in [2.05, 4.69) is 26.2 Å². The zero-order chi connectivity index (χ0) is 18.7. The molecule has 0 aliphatic carbocycles. The molecule has 0 atom stereocenters. The molecule has 0 saturated heterocycles. The van der Waals surface area contributed by atoms with Gasteiger partial charge in [0, 0.05) is 31.9 Å². The van der Waals surface area contributed by atoms with E-state index < -0.39 is 5.97 Å². The predicted molar refractivity (Wildman–Crippen MR) is 91.6 cm³/mol. The Hall–Kier alpha value is -2.96. The second-order valence-electron chi connectivity index (χ2n) is 5.07. The summed E-state index contributed by atoms with van der Waals surface area (Å²) in [5.41, 5.74) is 2.19. The Morgan fingerprint density at radius 1 is 1.24 bits per heavy atom. The third-order valence-corrected chi connectivity index (χ3v) is 2.81. The highest BCUT2D eigenvalue weighted by Gasteiger charge is 2.04. The van der Waals surface area contributed by atoms with Crippen molar-refractivity contribution < 1.29 is 23.6 Å². The Morgan fingerprint density at radius 3 is 2.52 bits per heavy atom. The van der Waals surface area contributed by atoms with Crippen molar-refractivity contribution in [2.45, 2.75) is 27.2 Å². The van der Waals surface area contributed by atoms with Gasteiger partial charge in [-0.25, -0.2) is 4.79 Å². The number of rotatable bonds is 6. The van der Waals surface area contributed by atoms with E-state index in [0.29, 0.717) is 18.1 Å². The quantitative estimate of drug-likeness (QED) is 0.451. The number of ether oxygens (including phenoxy) is 2. The fourth-order valence-corrected chi connectivity index (χ4v) is 1.71. The zero-order valence-corrected chi connectivity index (χ0v) is 14.7. The maximum atomic E-state index is 10.5. The van der Waals surface area contributed by atoms with Gasteiger partial charge in [-0.2, -0.15) is 4.98 Å². The fourth-order valence-electron chi connectivity index (χ4n) is 1.71. The summed E-state index contributed by atoms with van der Waals surface area (Å²) in [7, 11) is 0. The summed E-state index contributed by atoms with van der Waals surface area (Å²) in [5, 5.41) is 3.84. The molecule has 134 valence electrons. The van der Waals surface area contributed by atoms with Crippen molar-refractivity contribution in [1.82, 2.24) is 10.1 Å². The van der Waals surface area contributed by atoms with Gasteiger partial charge < -0.3 is 14.0 Å². The number of carbonyl (C=O) groups excluding carboxylic acids is 2. The van der Waals surface area contributed by atoms with Gasteiger partial charge in [0.25, 0.3) is 0 Å². The standard InChI is InChI=1S/C10H10N2O.C8H12O4/c1-7-4-3-5-9(6-7)10-11-8(2)13-12-10;1-3-8(10)12-6-4-5-11-7(2)9/h3-6H,1-2H3;3H,1,4-6H2,2H3. The average molecular weight is 346 g/mol. The highest BCUT2D eigenvalue weighted by Crippen LogP contribution is 2.16. The van der Waals surface area contributed by atoms with Crippen LogP contribution in [0.4, 0.5) is 0 Å². The molecule has 0 spiro atoms. The zero-order valence-electron chi connectivity index (χ0n) is 14.7. The van der Waals surface area contributed by atoms with E-state index in [9.17, 15) is 9.59 Å². The fraction of sp³-hybridized carbons (Fsp3) is 0.333. The van der Waals surface area contributed by atoms with Gasteiger partial charge in [-0.15, -0.1) is 0 Å². The van der Waals surface area contributed by atoms with Crippen LogP contribution in [0.15, 0.2) is 41.4 Å². The second kappa shape index (κ2) is 10.7. The molecule has 2 aromatic rings. The minimum Gasteiger partial charge on any atom is -0.466 e. The van der Waals surface area contributed by atoms with Crippen LogP contribution in [0, 0.1) is 13.8 Å². The van der Waals surface area contributed by atoms with Crippen molar-refractivity contribution in [3.63, 3.8) is 0 Å². The van der Waals surface area contributed by atoms with Gasteiger partial charge >= 0.3 is 11.9 Å². The van der Waals surface area contributed by atoms with Gasteiger partial charge in [0.15, 0.2) is 0 Å². The van der Waals surface area contributed by atoms with Gasteiger partial charge in [0.1, 0.15) is 0 Å². The molecular weight excluding hydrogens is 324 g/mol. The highest BCUT2D eigenvalue weighted by atomic mass is 16.5. The number of benzene rings is 1. The normalized spacial score (nSPS) is 9.56. The van der Waals surface area contributed by atoms with E-state index in [1.807, 2.05) is 31.2 Å². The second-order valence-corrected chi connectivity index (χ2v) is 5.07. The number of carbonyl (C=O) groups is 2. The summed E-state index contributed by atoms with van der Waals surface area (Å²) in [4.78, 5) is 24.9. The van der Waals surface area contributed by atoms with Crippen LogP contribution in [-0.4, -0.2) is 35.3 Å². The first-order valence-corrected chi connectivity index (χ1v) is 7.72. The molecule has 0 bridgehead atoms. The molecule has 2 rings (SSSR count). The third kappa shape index (κ3) is 8.45. The molecule has 0 unspecified atom stereocenters. The van der Waals surface area contributed by atoms with Crippen LogP contribution in [0.2, 0.25) is 0 Å². The van der Waals surface area contributed by atoms with E-state index in [1.165, 1.54) is 12.5 Å². The van der Waals surface area contributed by atoms with Crippen LogP contribution in [0.25, 0.3) is 11.4 Å². The lowest BCUT2D eigenvalue weighted by atomic mass is 10.1. The predicted octanol–water partition coefficient (Wildman–Crippen LogP) is 3.02. The molecule has 0 aliphatic heterocycles. The topological polar surface area (TPSA) is 91.5 Å². The molecule has 1 aromatic carbocycles. The Morgan fingerprint density at radius 2 is 1.96 bits per heavy atom. The Bertz CT molecular complexity index is 709. The lowest BCUT2D eigenvalue weighted by molar-refractivity contribution is -0.142. The van der Waals surface area contributed by atoms with E-state index >= 15 is 0 Å². The Balaban J connectivity index is 0.000000252. The Labute approximate surface area is 146 Å². The smallest absolute Gasteiger partial charge is 0.330 e. The molecule has 0 aliphatic rings. The van der Waals surface area contributed by atoms with E-state index in [-0.39, 0.29) is 19.2 Å². The SMILES string of the molecule is C=CC(=O)OCCCOC(C)=O.Cc1cccc(-c2noc(C)n2)c1. The first-order valence-electron chi connectivity index (χ1n) is 7.72. The van der Waals surface area contributed by atoms with Crippen LogP contribution >= 0.6 is 0 Å². The number of nitrogens with zero attached hydrogens (tertiary/aromatic N) is 2. The molecule has 0 fully saturated rings. The maximum absolute atomic E-state index is 10.5. The summed E-state index contributed by atoms with van der Waals surface area (Å²) >= 11 is 0. The van der Waals surface area contributed by atoms with Crippen LogP contribution in [0.5, 0.6) is 0 Å². The first kappa shape index (κ1) is 20.1. The van der Waals surface area contributed by atoms with Crippen molar-refractivity contribution in [1.29, 1.82) is 0 Å². The molecule has 1 heterocycles.